The molecule has 2 nitrogen and oxygen atoms in total. The van der Waals surface area contributed by atoms with Gasteiger partial charge in [0.05, 0.1) is 0 Å². The highest BCUT2D eigenvalue weighted by Crippen LogP contribution is 2.35. The maximum Gasteiger partial charge on any atom is 0.0445 e. The first-order valence-electron chi connectivity index (χ1n) is 6.42. The van der Waals surface area contributed by atoms with Crippen molar-refractivity contribution in [3.8, 4) is 0 Å². The molecule has 0 saturated heterocycles. The number of rotatable bonds is 3. The van der Waals surface area contributed by atoms with E-state index in [9.17, 15) is 0 Å². The number of nitrogens with two attached hydrogens (primary N) is 1. The normalized spacial score (nSPS) is 16.7. The molecule has 94 valence electrons. The van der Waals surface area contributed by atoms with Gasteiger partial charge in [-0.15, -0.1) is 11.3 Å². The number of hydrogen-bond donors (Lipinski definition) is 1. The zero-order valence-electron chi connectivity index (χ0n) is 10.6. The van der Waals surface area contributed by atoms with E-state index in [-0.39, 0.29) is 0 Å². The molecule has 1 aromatic heterocycles. The first-order chi connectivity index (χ1) is 8.78. The van der Waals surface area contributed by atoms with E-state index in [1.165, 1.54) is 16.0 Å². The molecule has 0 saturated carbocycles. The smallest absolute Gasteiger partial charge is 0.0445 e. The Morgan fingerprint density at radius 3 is 2.83 bits per heavy atom. The first-order valence-corrected chi connectivity index (χ1v) is 7.30. The second kappa shape index (κ2) is 4.75. The molecule has 18 heavy (non-hydrogen) atoms. The van der Waals surface area contributed by atoms with Crippen LogP contribution in [0, 0.1) is 0 Å². The van der Waals surface area contributed by atoms with Gasteiger partial charge in [-0.05, 0) is 41.1 Å². The Hall–Kier alpha value is -1.32. The molecule has 0 bridgehead atoms. The third-order valence-corrected chi connectivity index (χ3v) is 4.65. The van der Waals surface area contributed by atoms with Crippen molar-refractivity contribution in [3.63, 3.8) is 0 Å². The van der Waals surface area contributed by atoms with Crippen LogP contribution in [0.25, 0.3) is 0 Å². The maximum absolute atomic E-state index is 5.86. The Bertz CT molecular complexity index is 533. The fourth-order valence-corrected chi connectivity index (χ4v) is 3.73. The Labute approximate surface area is 112 Å². The van der Waals surface area contributed by atoms with Crippen molar-refractivity contribution in [1.82, 2.24) is 4.90 Å². The van der Waals surface area contributed by atoms with Crippen LogP contribution < -0.4 is 5.73 Å². The summed E-state index contributed by atoms with van der Waals surface area (Å²) in [7, 11) is 0. The summed E-state index contributed by atoms with van der Waals surface area (Å²) in [4.78, 5) is 4.02. The van der Waals surface area contributed by atoms with Gasteiger partial charge < -0.3 is 5.73 Å². The van der Waals surface area contributed by atoms with Crippen molar-refractivity contribution in [3.05, 3.63) is 51.7 Å². The van der Waals surface area contributed by atoms with Crippen molar-refractivity contribution in [2.75, 3.05) is 5.73 Å². The molecule has 0 radical (unpaired) electrons. The molecule has 0 aliphatic carbocycles. The van der Waals surface area contributed by atoms with Crippen LogP contribution in [0.15, 0.2) is 35.7 Å². The number of fused-ring (bicyclic) bond motifs is 1. The summed E-state index contributed by atoms with van der Waals surface area (Å²) in [6.45, 7) is 4.34. The van der Waals surface area contributed by atoms with Gasteiger partial charge in [-0.25, -0.2) is 0 Å². The van der Waals surface area contributed by atoms with E-state index in [1.54, 1.807) is 0 Å². The topological polar surface area (TPSA) is 29.3 Å². The van der Waals surface area contributed by atoms with Crippen LogP contribution in [-0.4, -0.2) is 4.90 Å². The highest BCUT2D eigenvalue weighted by molar-refractivity contribution is 7.10. The zero-order chi connectivity index (χ0) is 12.5. The minimum absolute atomic E-state index is 0.540. The van der Waals surface area contributed by atoms with Crippen molar-refractivity contribution >= 4 is 17.0 Å². The van der Waals surface area contributed by atoms with Gasteiger partial charge in [-0.2, -0.15) is 0 Å². The van der Waals surface area contributed by atoms with E-state index in [0.717, 1.165) is 25.2 Å². The third-order valence-electron chi connectivity index (χ3n) is 3.68. The average molecular weight is 258 g/mol. The predicted octanol–water partition coefficient (Wildman–Crippen LogP) is 3.80. The number of hydrogen-bond acceptors (Lipinski definition) is 3. The van der Waals surface area contributed by atoms with Crippen LogP contribution in [0.1, 0.15) is 35.4 Å². The largest absolute Gasteiger partial charge is 0.399 e. The molecule has 1 atom stereocenters. The molecule has 3 rings (SSSR count). The zero-order valence-corrected chi connectivity index (χ0v) is 11.4. The molecule has 1 aromatic carbocycles. The van der Waals surface area contributed by atoms with Crippen LogP contribution in [0.5, 0.6) is 0 Å². The number of nitrogens with zero attached hydrogens (tertiary/aromatic N) is 1. The van der Waals surface area contributed by atoms with Gasteiger partial charge in [0, 0.05) is 29.7 Å². The van der Waals surface area contributed by atoms with Crippen LogP contribution in [-0.2, 0) is 13.1 Å². The van der Waals surface area contributed by atoms with E-state index in [4.69, 9.17) is 5.73 Å². The SMILES string of the molecule is CCC(c1cccs1)N1Cc2ccc(N)cc2C1. The number of thiophene rings is 1. The first kappa shape index (κ1) is 11.8. The van der Waals surface area contributed by atoms with Crippen LogP contribution >= 0.6 is 11.3 Å². The van der Waals surface area contributed by atoms with Gasteiger partial charge in [0.2, 0.25) is 0 Å². The minimum atomic E-state index is 0.540. The molecular weight excluding hydrogens is 240 g/mol. The Morgan fingerprint density at radius 2 is 2.11 bits per heavy atom. The fraction of sp³-hybridized carbons (Fsp3) is 0.333. The highest BCUT2D eigenvalue weighted by Gasteiger charge is 2.26. The predicted molar refractivity (Wildman–Crippen MR) is 77.5 cm³/mol. The van der Waals surface area contributed by atoms with E-state index < -0.39 is 0 Å². The summed E-state index contributed by atoms with van der Waals surface area (Å²) in [5, 5.41) is 2.17. The third kappa shape index (κ3) is 2.04. The molecule has 0 fully saturated rings. The molecular formula is C15H18N2S. The monoisotopic (exact) mass is 258 g/mol. The number of benzene rings is 1. The second-order valence-corrected chi connectivity index (χ2v) is 5.85. The quantitative estimate of drug-likeness (QED) is 0.849. The summed E-state index contributed by atoms with van der Waals surface area (Å²) in [5.74, 6) is 0. The average Bonchev–Trinajstić information content (AvgIpc) is 2.98. The van der Waals surface area contributed by atoms with Gasteiger partial charge in [0.1, 0.15) is 0 Å². The van der Waals surface area contributed by atoms with Gasteiger partial charge >= 0.3 is 0 Å². The van der Waals surface area contributed by atoms with E-state index >= 15 is 0 Å². The molecule has 2 aromatic rings. The summed E-state index contributed by atoms with van der Waals surface area (Å²) in [5.41, 5.74) is 9.56. The minimum Gasteiger partial charge on any atom is -0.399 e. The van der Waals surface area contributed by atoms with Crippen LogP contribution in [0.3, 0.4) is 0 Å². The Morgan fingerprint density at radius 1 is 1.28 bits per heavy atom. The van der Waals surface area contributed by atoms with Gasteiger partial charge in [-0.3, -0.25) is 4.90 Å². The Balaban J connectivity index is 1.84. The number of anilines is 1. The van der Waals surface area contributed by atoms with E-state index in [1.807, 2.05) is 17.4 Å². The van der Waals surface area contributed by atoms with E-state index in [0.29, 0.717) is 6.04 Å². The molecule has 1 aliphatic heterocycles. The van der Waals surface area contributed by atoms with Crippen molar-refractivity contribution in [1.29, 1.82) is 0 Å². The van der Waals surface area contributed by atoms with Gasteiger partial charge in [-0.1, -0.05) is 19.1 Å². The second-order valence-electron chi connectivity index (χ2n) is 4.87. The van der Waals surface area contributed by atoms with Crippen molar-refractivity contribution in [2.24, 2.45) is 0 Å². The summed E-state index contributed by atoms with van der Waals surface area (Å²) in [6.07, 6.45) is 1.16. The summed E-state index contributed by atoms with van der Waals surface area (Å²) in [6, 6.07) is 11.2. The summed E-state index contributed by atoms with van der Waals surface area (Å²) < 4.78 is 0. The van der Waals surface area contributed by atoms with Crippen LogP contribution in [0.4, 0.5) is 5.69 Å². The van der Waals surface area contributed by atoms with Crippen molar-refractivity contribution < 1.29 is 0 Å². The summed E-state index contributed by atoms with van der Waals surface area (Å²) >= 11 is 1.86. The van der Waals surface area contributed by atoms with Crippen LogP contribution in [0.2, 0.25) is 0 Å². The Kier molecular flexibility index (Phi) is 3.10. The molecule has 3 heteroatoms. The number of nitrogen functional groups attached to an aromatic ring is 1. The lowest BCUT2D eigenvalue weighted by Gasteiger charge is -2.25. The van der Waals surface area contributed by atoms with E-state index in [2.05, 4.69) is 41.5 Å². The standard InChI is InChI=1S/C15H18N2S/c1-2-14(15-4-3-7-18-15)17-9-11-5-6-13(16)8-12(11)10-17/h3-8,14H,2,9-10,16H2,1H3. The molecule has 2 heterocycles. The molecule has 0 spiro atoms. The van der Waals surface area contributed by atoms with Gasteiger partial charge in [0.15, 0.2) is 0 Å². The molecule has 2 N–H and O–H groups in total. The lowest BCUT2D eigenvalue weighted by molar-refractivity contribution is 0.198. The molecule has 1 unspecified atom stereocenters. The molecule has 1 aliphatic rings. The fourth-order valence-electron chi connectivity index (χ4n) is 2.78. The highest BCUT2D eigenvalue weighted by atomic mass is 32.1. The maximum atomic E-state index is 5.86. The lowest BCUT2D eigenvalue weighted by atomic mass is 10.1. The van der Waals surface area contributed by atoms with Gasteiger partial charge in [0.25, 0.3) is 0 Å². The lowest BCUT2D eigenvalue weighted by Crippen LogP contribution is -2.21. The van der Waals surface area contributed by atoms with Crippen molar-refractivity contribution in [2.45, 2.75) is 32.5 Å². The molecule has 0 amide bonds.